The molecule has 4 rings (SSSR count). The number of hydrogen-bond donors (Lipinski definition) is 0. The summed E-state index contributed by atoms with van der Waals surface area (Å²) < 4.78 is 13.4. The predicted molar refractivity (Wildman–Crippen MR) is 104 cm³/mol. The van der Waals surface area contributed by atoms with Gasteiger partial charge in [0.2, 0.25) is 0 Å². The van der Waals surface area contributed by atoms with Crippen molar-refractivity contribution in [3.63, 3.8) is 0 Å². The van der Waals surface area contributed by atoms with Crippen LogP contribution in [0.3, 0.4) is 0 Å². The Kier molecular flexibility index (Phi) is 5.04. The predicted octanol–water partition coefficient (Wildman–Crippen LogP) is 3.14. The lowest BCUT2D eigenvalue weighted by Gasteiger charge is -2.32. The molecular formula is C20H26N4O2. The second kappa shape index (κ2) is 7.60. The number of aromatic nitrogens is 3. The smallest absolute Gasteiger partial charge is 0.143 e. The molecule has 0 bridgehead atoms. The van der Waals surface area contributed by atoms with Gasteiger partial charge in [0.1, 0.15) is 11.5 Å². The molecule has 1 saturated heterocycles. The van der Waals surface area contributed by atoms with Crippen molar-refractivity contribution in [3.8, 4) is 0 Å². The molecule has 26 heavy (non-hydrogen) atoms. The van der Waals surface area contributed by atoms with Gasteiger partial charge in [-0.15, -0.1) is 0 Å². The summed E-state index contributed by atoms with van der Waals surface area (Å²) in [6, 6.07) is 6.35. The minimum Gasteiger partial charge on any atom is -0.379 e. The van der Waals surface area contributed by atoms with Crippen LogP contribution in [0.4, 0.5) is 5.82 Å². The third-order valence-electron chi connectivity index (χ3n) is 5.18. The molecule has 0 N–H and O–H groups in total. The molecule has 0 unspecified atom stereocenters. The molecule has 0 spiro atoms. The molecule has 3 aromatic rings. The van der Waals surface area contributed by atoms with Gasteiger partial charge in [-0.25, -0.2) is 4.98 Å². The van der Waals surface area contributed by atoms with E-state index in [0.29, 0.717) is 19.3 Å². The maximum atomic E-state index is 5.92. The first-order valence-electron chi connectivity index (χ1n) is 9.41. The van der Waals surface area contributed by atoms with Crippen LogP contribution in [0.5, 0.6) is 0 Å². The van der Waals surface area contributed by atoms with Gasteiger partial charge in [0, 0.05) is 49.9 Å². The topological polar surface area (TPSA) is 52.4 Å². The average molecular weight is 354 g/mol. The van der Waals surface area contributed by atoms with Crippen molar-refractivity contribution in [1.29, 1.82) is 0 Å². The van der Waals surface area contributed by atoms with Crippen LogP contribution in [0.25, 0.3) is 21.9 Å². The fraction of sp³-hybridized carbons (Fsp3) is 0.500. The molecule has 6 nitrogen and oxygen atoms in total. The number of nitrogens with zero attached hydrogens (tertiary/aromatic N) is 4. The van der Waals surface area contributed by atoms with Crippen LogP contribution in [-0.4, -0.2) is 53.5 Å². The molecule has 6 heteroatoms. The fourth-order valence-corrected chi connectivity index (χ4v) is 3.75. The summed E-state index contributed by atoms with van der Waals surface area (Å²) in [5, 5.41) is 2.32. The average Bonchev–Trinajstić information content (AvgIpc) is 2.98. The van der Waals surface area contributed by atoms with Crippen molar-refractivity contribution in [2.75, 3.05) is 37.8 Å². The number of pyridine rings is 2. The molecule has 138 valence electrons. The van der Waals surface area contributed by atoms with E-state index in [9.17, 15) is 0 Å². The summed E-state index contributed by atoms with van der Waals surface area (Å²) in [5.41, 5.74) is 2.18. The number of fused-ring (bicyclic) bond motifs is 3. The second-order valence-electron chi connectivity index (χ2n) is 6.75. The highest BCUT2D eigenvalue weighted by Crippen LogP contribution is 2.29. The van der Waals surface area contributed by atoms with Crippen LogP contribution in [0.15, 0.2) is 30.6 Å². The molecule has 1 fully saturated rings. The van der Waals surface area contributed by atoms with E-state index in [1.165, 1.54) is 5.52 Å². The quantitative estimate of drug-likeness (QED) is 0.637. The van der Waals surface area contributed by atoms with Crippen LogP contribution >= 0.6 is 0 Å². The maximum Gasteiger partial charge on any atom is 0.143 e. The molecule has 0 saturated carbocycles. The minimum atomic E-state index is 0.333. The Balaban J connectivity index is 1.46. The Hall–Kier alpha value is -2.18. The van der Waals surface area contributed by atoms with E-state index in [4.69, 9.17) is 14.5 Å². The Morgan fingerprint density at radius 2 is 1.96 bits per heavy atom. The van der Waals surface area contributed by atoms with Gasteiger partial charge < -0.3 is 18.9 Å². The first-order chi connectivity index (χ1) is 12.8. The van der Waals surface area contributed by atoms with E-state index in [2.05, 4.69) is 33.6 Å². The van der Waals surface area contributed by atoms with Crippen LogP contribution in [-0.2, 0) is 16.5 Å². The number of anilines is 1. The standard InChI is InChI=1S/C20H26N4O2/c1-3-25-12-13-26-15-7-10-24(11-8-15)19-5-4-16-17-14-21-9-6-18(17)23(2)20(16)22-19/h4-6,9,14-15H,3,7-8,10-13H2,1-2H3. The van der Waals surface area contributed by atoms with Crippen LogP contribution < -0.4 is 4.90 Å². The van der Waals surface area contributed by atoms with Crippen molar-refractivity contribution in [2.24, 2.45) is 7.05 Å². The van der Waals surface area contributed by atoms with E-state index in [1.54, 1.807) is 0 Å². The Morgan fingerprint density at radius 3 is 2.77 bits per heavy atom. The SMILES string of the molecule is CCOCCOC1CCN(c2ccc3c4cnccc4n(C)c3n2)CC1. The number of aryl methyl sites for hydroxylation is 1. The number of piperidine rings is 1. The lowest BCUT2D eigenvalue weighted by atomic mass is 10.1. The highest BCUT2D eigenvalue weighted by atomic mass is 16.5. The van der Waals surface area contributed by atoms with Gasteiger partial charge in [0.25, 0.3) is 0 Å². The van der Waals surface area contributed by atoms with Gasteiger partial charge in [0.05, 0.1) is 24.8 Å². The van der Waals surface area contributed by atoms with Gasteiger partial charge in [-0.3, -0.25) is 4.98 Å². The summed E-state index contributed by atoms with van der Waals surface area (Å²) >= 11 is 0. The van der Waals surface area contributed by atoms with Crippen LogP contribution in [0.2, 0.25) is 0 Å². The molecular weight excluding hydrogens is 328 g/mol. The van der Waals surface area contributed by atoms with Gasteiger partial charge >= 0.3 is 0 Å². The molecule has 1 aliphatic rings. The first kappa shape index (κ1) is 17.2. The van der Waals surface area contributed by atoms with Crippen molar-refractivity contribution in [2.45, 2.75) is 25.9 Å². The normalized spacial score (nSPS) is 16.0. The van der Waals surface area contributed by atoms with Gasteiger partial charge in [0.15, 0.2) is 0 Å². The van der Waals surface area contributed by atoms with Crippen molar-refractivity contribution in [1.82, 2.24) is 14.5 Å². The molecule has 0 atom stereocenters. The molecule has 0 radical (unpaired) electrons. The fourth-order valence-electron chi connectivity index (χ4n) is 3.75. The maximum absolute atomic E-state index is 5.92. The van der Waals surface area contributed by atoms with Crippen molar-refractivity contribution >= 4 is 27.8 Å². The summed E-state index contributed by atoms with van der Waals surface area (Å²) in [6.07, 6.45) is 6.15. The lowest BCUT2D eigenvalue weighted by Crippen LogP contribution is -2.37. The van der Waals surface area contributed by atoms with Gasteiger partial charge in [-0.1, -0.05) is 0 Å². The zero-order chi connectivity index (χ0) is 17.9. The van der Waals surface area contributed by atoms with Gasteiger partial charge in [-0.05, 0) is 38.0 Å². The van der Waals surface area contributed by atoms with Gasteiger partial charge in [-0.2, -0.15) is 0 Å². The van der Waals surface area contributed by atoms with E-state index in [0.717, 1.165) is 54.8 Å². The highest BCUT2D eigenvalue weighted by molar-refractivity contribution is 6.06. The monoisotopic (exact) mass is 354 g/mol. The molecule has 3 aromatic heterocycles. The summed E-state index contributed by atoms with van der Waals surface area (Å²) in [4.78, 5) is 11.6. The van der Waals surface area contributed by atoms with Crippen molar-refractivity contribution in [3.05, 3.63) is 30.6 Å². The Bertz CT molecular complexity index is 884. The largest absolute Gasteiger partial charge is 0.379 e. The van der Waals surface area contributed by atoms with E-state index in [-0.39, 0.29) is 0 Å². The number of ether oxygens (including phenoxy) is 2. The summed E-state index contributed by atoms with van der Waals surface area (Å²) in [6.45, 7) is 6.08. The third kappa shape index (κ3) is 3.27. The Morgan fingerprint density at radius 1 is 1.12 bits per heavy atom. The van der Waals surface area contributed by atoms with Crippen LogP contribution in [0, 0.1) is 0 Å². The summed E-state index contributed by atoms with van der Waals surface area (Å²) in [5.74, 6) is 1.05. The summed E-state index contributed by atoms with van der Waals surface area (Å²) in [7, 11) is 2.07. The molecule has 1 aliphatic heterocycles. The molecule has 4 heterocycles. The minimum absolute atomic E-state index is 0.333. The molecule has 0 aromatic carbocycles. The van der Waals surface area contributed by atoms with E-state index >= 15 is 0 Å². The first-order valence-corrected chi connectivity index (χ1v) is 9.41. The number of hydrogen-bond acceptors (Lipinski definition) is 5. The van der Waals surface area contributed by atoms with Crippen LogP contribution in [0.1, 0.15) is 19.8 Å². The van der Waals surface area contributed by atoms with E-state index in [1.807, 2.05) is 25.4 Å². The zero-order valence-electron chi connectivity index (χ0n) is 15.5. The van der Waals surface area contributed by atoms with E-state index < -0.39 is 0 Å². The number of rotatable bonds is 6. The molecule has 0 aliphatic carbocycles. The third-order valence-corrected chi connectivity index (χ3v) is 5.18. The highest BCUT2D eigenvalue weighted by Gasteiger charge is 2.21. The molecule has 0 amide bonds. The Labute approximate surface area is 153 Å². The van der Waals surface area contributed by atoms with Crippen molar-refractivity contribution < 1.29 is 9.47 Å². The lowest BCUT2D eigenvalue weighted by molar-refractivity contribution is -0.00235. The second-order valence-corrected chi connectivity index (χ2v) is 6.75. The zero-order valence-corrected chi connectivity index (χ0v) is 15.5.